The van der Waals surface area contributed by atoms with Crippen LogP contribution in [0.4, 0.5) is 0 Å². The zero-order valence-electron chi connectivity index (χ0n) is 15.3. The molecular weight excluding hydrogens is 324 g/mol. The third-order valence-electron chi connectivity index (χ3n) is 4.93. The molecule has 1 aliphatic rings. The topological polar surface area (TPSA) is 65.5 Å². The summed E-state index contributed by atoms with van der Waals surface area (Å²) < 4.78 is 0. The molecule has 1 aromatic heterocycles. The number of rotatable bonds is 2. The molecule has 3 aromatic rings. The van der Waals surface area contributed by atoms with Crippen LogP contribution in [0.2, 0.25) is 0 Å². The molecule has 0 bridgehead atoms. The molecule has 130 valence electrons. The number of aliphatic imine (C=N–C) groups is 1. The number of H-pyrrole nitrogens is 1. The van der Waals surface area contributed by atoms with E-state index in [1.807, 2.05) is 52.0 Å². The van der Waals surface area contributed by atoms with Gasteiger partial charge in [0.05, 0.1) is 22.5 Å². The Morgan fingerprint density at radius 3 is 2.00 bits per heavy atom. The summed E-state index contributed by atoms with van der Waals surface area (Å²) in [4.78, 5) is 20.0. The number of carbonyl (C=O) groups excluding carboxylic acids is 1. The van der Waals surface area contributed by atoms with Gasteiger partial charge < -0.3 is 10.1 Å². The van der Waals surface area contributed by atoms with Crippen molar-refractivity contribution in [2.75, 3.05) is 0 Å². The predicted molar refractivity (Wildman–Crippen MR) is 103 cm³/mol. The Hall–Kier alpha value is -3.14. The van der Waals surface area contributed by atoms with Crippen LogP contribution in [0.25, 0.3) is 11.3 Å². The van der Waals surface area contributed by atoms with Crippen LogP contribution >= 0.6 is 0 Å². The van der Waals surface area contributed by atoms with Crippen molar-refractivity contribution in [1.82, 2.24) is 4.98 Å². The van der Waals surface area contributed by atoms with Crippen LogP contribution in [0, 0.1) is 27.7 Å². The highest BCUT2D eigenvalue weighted by Crippen LogP contribution is 2.39. The largest absolute Gasteiger partial charge is 0.494 e. The first-order chi connectivity index (χ1) is 12.4. The van der Waals surface area contributed by atoms with E-state index in [-0.39, 0.29) is 11.8 Å². The Labute approximate surface area is 152 Å². The summed E-state index contributed by atoms with van der Waals surface area (Å²) in [5.41, 5.74) is 8.24. The zero-order chi connectivity index (χ0) is 18.6. The van der Waals surface area contributed by atoms with E-state index < -0.39 is 0 Å². The lowest BCUT2D eigenvalue weighted by Crippen LogP contribution is -2.02. The first-order valence-electron chi connectivity index (χ1n) is 8.60. The Morgan fingerprint density at radius 2 is 1.42 bits per heavy atom. The molecule has 0 saturated carbocycles. The summed E-state index contributed by atoms with van der Waals surface area (Å²) >= 11 is 0. The van der Waals surface area contributed by atoms with Crippen LogP contribution in [-0.2, 0) is 0 Å². The molecule has 2 aromatic carbocycles. The number of hydrogen-bond acceptors (Lipinski definition) is 2. The molecule has 1 amide bonds. The van der Waals surface area contributed by atoms with Gasteiger partial charge >= 0.3 is 0 Å². The van der Waals surface area contributed by atoms with E-state index in [0.29, 0.717) is 22.5 Å². The summed E-state index contributed by atoms with van der Waals surface area (Å²) in [7, 11) is 0. The second-order valence-electron chi connectivity index (χ2n) is 7.00. The number of aromatic hydroxyl groups is 1. The van der Waals surface area contributed by atoms with E-state index in [1.165, 1.54) is 0 Å². The molecule has 0 aliphatic carbocycles. The lowest BCUT2D eigenvalue weighted by atomic mass is 9.95. The SMILES string of the molecule is Cc1ccc(C2=NC(=O)c3c(-c4ccc(C)cc4C)[nH]c(O)c32)c(C)c1. The van der Waals surface area contributed by atoms with E-state index in [0.717, 1.165) is 33.4 Å². The molecule has 0 atom stereocenters. The van der Waals surface area contributed by atoms with E-state index in [1.54, 1.807) is 0 Å². The van der Waals surface area contributed by atoms with Gasteiger partial charge in [-0.3, -0.25) is 4.79 Å². The molecule has 0 fully saturated rings. The number of hydrogen-bond donors (Lipinski definition) is 2. The number of aromatic nitrogens is 1. The zero-order valence-corrected chi connectivity index (χ0v) is 15.3. The summed E-state index contributed by atoms with van der Waals surface area (Å²) in [5.74, 6) is -0.332. The summed E-state index contributed by atoms with van der Waals surface area (Å²) in [6.45, 7) is 8.04. The van der Waals surface area contributed by atoms with Gasteiger partial charge in [0.15, 0.2) is 5.88 Å². The van der Waals surface area contributed by atoms with Crippen molar-refractivity contribution in [3.63, 3.8) is 0 Å². The van der Waals surface area contributed by atoms with E-state index in [4.69, 9.17) is 0 Å². The smallest absolute Gasteiger partial charge is 0.280 e. The standard InChI is InChI=1S/C22H20N2O2/c1-11-5-7-15(13(3)9-11)19-17-18(22(26)23-19)20(24-21(17)25)16-8-6-12(2)10-14(16)4/h5-10,23,26H,1-4H3. The Bertz CT molecular complexity index is 1100. The molecule has 2 N–H and O–H groups in total. The van der Waals surface area contributed by atoms with Gasteiger partial charge in [-0.15, -0.1) is 0 Å². The van der Waals surface area contributed by atoms with Gasteiger partial charge in [-0.2, -0.15) is 0 Å². The maximum Gasteiger partial charge on any atom is 0.280 e. The van der Waals surface area contributed by atoms with Gasteiger partial charge in [0.25, 0.3) is 5.91 Å². The van der Waals surface area contributed by atoms with Gasteiger partial charge in [0.2, 0.25) is 0 Å². The van der Waals surface area contributed by atoms with Crippen LogP contribution < -0.4 is 0 Å². The molecule has 4 heteroatoms. The van der Waals surface area contributed by atoms with Crippen molar-refractivity contribution in [3.8, 4) is 17.1 Å². The number of fused-ring (bicyclic) bond motifs is 1. The van der Waals surface area contributed by atoms with Gasteiger partial charge in [-0.1, -0.05) is 47.5 Å². The highest BCUT2D eigenvalue weighted by Gasteiger charge is 2.34. The number of nitrogens with zero attached hydrogens (tertiary/aromatic N) is 1. The summed E-state index contributed by atoms with van der Waals surface area (Å²) in [5, 5.41) is 10.6. The maximum atomic E-state index is 12.7. The van der Waals surface area contributed by atoms with E-state index in [2.05, 4.69) is 22.1 Å². The van der Waals surface area contributed by atoms with Gasteiger partial charge in [0.1, 0.15) is 0 Å². The van der Waals surface area contributed by atoms with Crippen LogP contribution in [0.15, 0.2) is 41.4 Å². The van der Waals surface area contributed by atoms with Crippen molar-refractivity contribution in [2.45, 2.75) is 27.7 Å². The number of aryl methyl sites for hydroxylation is 4. The fraction of sp³-hybridized carbons (Fsp3) is 0.182. The van der Waals surface area contributed by atoms with Crippen LogP contribution in [0.3, 0.4) is 0 Å². The predicted octanol–water partition coefficient (Wildman–Crippen LogP) is 4.61. The molecular formula is C22H20N2O2. The average molecular weight is 344 g/mol. The van der Waals surface area contributed by atoms with E-state index >= 15 is 0 Å². The van der Waals surface area contributed by atoms with Crippen molar-refractivity contribution < 1.29 is 9.90 Å². The molecule has 1 aliphatic heterocycles. The Morgan fingerprint density at radius 1 is 0.846 bits per heavy atom. The third-order valence-corrected chi connectivity index (χ3v) is 4.93. The maximum absolute atomic E-state index is 12.7. The Kier molecular flexibility index (Phi) is 3.58. The van der Waals surface area contributed by atoms with Gasteiger partial charge in [-0.25, -0.2) is 4.99 Å². The van der Waals surface area contributed by atoms with Crippen molar-refractivity contribution in [2.24, 2.45) is 4.99 Å². The van der Waals surface area contributed by atoms with Gasteiger partial charge in [-0.05, 0) is 38.8 Å². The lowest BCUT2D eigenvalue weighted by molar-refractivity contribution is 0.101. The fourth-order valence-electron chi connectivity index (χ4n) is 3.71. The normalized spacial score (nSPS) is 13.1. The molecule has 0 saturated heterocycles. The molecule has 4 nitrogen and oxygen atoms in total. The van der Waals surface area contributed by atoms with Crippen LogP contribution in [0.1, 0.15) is 43.7 Å². The highest BCUT2D eigenvalue weighted by molar-refractivity contribution is 6.30. The number of benzene rings is 2. The first kappa shape index (κ1) is 16.3. The monoisotopic (exact) mass is 344 g/mol. The molecule has 0 unspecified atom stereocenters. The van der Waals surface area contributed by atoms with Crippen LogP contribution in [0.5, 0.6) is 5.88 Å². The molecule has 0 spiro atoms. The Balaban J connectivity index is 1.92. The fourth-order valence-corrected chi connectivity index (χ4v) is 3.71. The third kappa shape index (κ3) is 2.37. The van der Waals surface area contributed by atoms with Crippen molar-refractivity contribution in [3.05, 3.63) is 75.3 Å². The average Bonchev–Trinajstić information content (AvgIpc) is 3.07. The minimum Gasteiger partial charge on any atom is -0.494 e. The number of aromatic amines is 1. The number of nitrogens with one attached hydrogen (secondary N) is 1. The van der Waals surface area contributed by atoms with Gasteiger partial charge in [0, 0.05) is 11.1 Å². The van der Waals surface area contributed by atoms with E-state index in [9.17, 15) is 9.90 Å². The van der Waals surface area contributed by atoms with Crippen molar-refractivity contribution >= 4 is 11.6 Å². The summed E-state index contributed by atoms with van der Waals surface area (Å²) in [6, 6.07) is 12.0. The quantitative estimate of drug-likeness (QED) is 0.713. The second-order valence-corrected chi connectivity index (χ2v) is 7.00. The second kappa shape index (κ2) is 5.70. The lowest BCUT2D eigenvalue weighted by Gasteiger charge is -2.07. The molecule has 2 heterocycles. The minimum absolute atomic E-state index is 0.0143. The molecule has 4 rings (SSSR count). The minimum atomic E-state index is -0.318. The molecule has 0 radical (unpaired) electrons. The number of amides is 1. The summed E-state index contributed by atoms with van der Waals surface area (Å²) in [6.07, 6.45) is 0. The van der Waals surface area contributed by atoms with Crippen molar-refractivity contribution in [1.29, 1.82) is 0 Å². The highest BCUT2D eigenvalue weighted by atomic mass is 16.3. The van der Waals surface area contributed by atoms with Crippen LogP contribution in [-0.4, -0.2) is 21.7 Å². The number of carbonyl (C=O) groups is 1. The first-order valence-corrected chi connectivity index (χ1v) is 8.60. The molecule has 26 heavy (non-hydrogen) atoms.